The van der Waals surface area contributed by atoms with Gasteiger partial charge in [0.25, 0.3) is 0 Å². The van der Waals surface area contributed by atoms with Crippen LogP contribution in [0.15, 0.2) is 36.7 Å². The van der Waals surface area contributed by atoms with Crippen molar-refractivity contribution in [2.75, 3.05) is 19.7 Å². The maximum absolute atomic E-state index is 12.7. The van der Waals surface area contributed by atoms with E-state index in [1.165, 1.54) is 11.1 Å². The van der Waals surface area contributed by atoms with Crippen LogP contribution in [0.4, 0.5) is 4.79 Å². The SMILES string of the molecule is Cn1cc(C2CN(C(=O)NCC3CCCO3)Cc3ccccc32)cn1. The molecule has 2 unspecified atom stereocenters. The predicted molar refractivity (Wildman–Crippen MR) is 94.3 cm³/mol. The van der Waals surface area contributed by atoms with Crippen LogP contribution in [0.3, 0.4) is 0 Å². The first-order chi connectivity index (χ1) is 12.2. The van der Waals surface area contributed by atoms with E-state index >= 15 is 0 Å². The number of benzene rings is 1. The highest BCUT2D eigenvalue weighted by molar-refractivity contribution is 5.75. The zero-order valence-electron chi connectivity index (χ0n) is 14.5. The average molecular weight is 340 g/mol. The summed E-state index contributed by atoms with van der Waals surface area (Å²) >= 11 is 0. The molecule has 0 spiro atoms. The molecule has 2 atom stereocenters. The van der Waals surface area contributed by atoms with Gasteiger partial charge in [0.1, 0.15) is 0 Å². The average Bonchev–Trinajstić information content (AvgIpc) is 3.30. The van der Waals surface area contributed by atoms with Crippen LogP contribution >= 0.6 is 0 Å². The van der Waals surface area contributed by atoms with Crippen LogP contribution in [0.2, 0.25) is 0 Å². The third-order valence-electron chi connectivity index (χ3n) is 5.11. The summed E-state index contributed by atoms with van der Waals surface area (Å²) in [5.41, 5.74) is 3.64. The predicted octanol–water partition coefficient (Wildman–Crippen LogP) is 2.26. The van der Waals surface area contributed by atoms with Gasteiger partial charge in [0.2, 0.25) is 0 Å². The molecule has 1 aromatic carbocycles. The van der Waals surface area contributed by atoms with E-state index in [4.69, 9.17) is 4.74 Å². The van der Waals surface area contributed by atoms with Crippen molar-refractivity contribution < 1.29 is 9.53 Å². The molecule has 0 aliphatic carbocycles. The van der Waals surface area contributed by atoms with E-state index in [-0.39, 0.29) is 18.1 Å². The van der Waals surface area contributed by atoms with Crippen LogP contribution in [0.25, 0.3) is 0 Å². The third kappa shape index (κ3) is 3.39. The minimum absolute atomic E-state index is 0.0149. The van der Waals surface area contributed by atoms with E-state index in [1.807, 2.05) is 35.1 Å². The number of carbonyl (C=O) groups is 1. The lowest BCUT2D eigenvalue weighted by atomic mass is 9.86. The number of hydrogen-bond donors (Lipinski definition) is 1. The van der Waals surface area contributed by atoms with Crippen LogP contribution in [-0.2, 0) is 18.3 Å². The Morgan fingerprint density at radius 3 is 3.04 bits per heavy atom. The molecule has 2 aliphatic rings. The van der Waals surface area contributed by atoms with Gasteiger partial charge in [-0.3, -0.25) is 4.68 Å². The molecule has 0 radical (unpaired) electrons. The minimum Gasteiger partial charge on any atom is -0.376 e. The number of nitrogens with one attached hydrogen (secondary N) is 1. The van der Waals surface area contributed by atoms with Gasteiger partial charge < -0.3 is 15.0 Å². The maximum atomic E-state index is 12.7. The summed E-state index contributed by atoms with van der Waals surface area (Å²) in [4.78, 5) is 14.6. The molecule has 2 aromatic rings. The first-order valence-electron chi connectivity index (χ1n) is 8.91. The van der Waals surface area contributed by atoms with Crippen molar-refractivity contribution in [2.24, 2.45) is 7.05 Å². The van der Waals surface area contributed by atoms with E-state index in [0.29, 0.717) is 19.6 Å². The molecule has 2 aliphatic heterocycles. The second-order valence-electron chi connectivity index (χ2n) is 6.90. The van der Waals surface area contributed by atoms with Crippen molar-refractivity contribution >= 4 is 6.03 Å². The van der Waals surface area contributed by atoms with Gasteiger partial charge in [-0.15, -0.1) is 0 Å². The summed E-state index contributed by atoms with van der Waals surface area (Å²) < 4.78 is 7.41. The van der Waals surface area contributed by atoms with Crippen molar-refractivity contribution in [3.8, 4) is 0 Å². The zero-order chi connectivity index (χ0) is 17.2. The Bertz CT molecular complexity index is 751. The van der Waals surface area contributed by atoms with Crippen LogP contribution in [-0.4, -0.2) is 46.5 Å². The zero-order valence-corrected chi connectivity index (χ0v) is 14.5. The highest BCUT2D eigenvalue weighted by Crippen LogP contribution is 2.33. The van der Waals surface area contributed by atoms with Crippen molar-refractivity contribution in [3.63, 3.8) is 0 Å². The molecule has 4 rings (SSSR count). The molecular weight excluding hydrogens is 316 g/mol. The molecule has 1 fully saturated rings. The Labute approximate surface area is 147 Å². The normalized spacial score (nSPS) is 22.7. The highest BCUT2D eigenvalue weighted by atomic mass is 16.5. The largest absolute Gasteiger partial charge is 0.376 e. The number of carbonyl (C=O) groups excluding carboxylic acids is 1. The monoisotopic (exact) mass is 340 g/mol. The molecule has 1 N–H and O–H groups in total. The van der Waals surface area contributed by atoms with Crippen molar-refractivity contribution in [1.82, 2.24) is 20.0 Å². The van der Waals surface area contributed by atoms with Crippen LogP contribution < -0.4 is 5.32 Å². The fraction of sp³-hybridized carbons (Fsp3) is 0.474. The smallest absolute Gasteiger partial charge is 0.317 e. The van der Waals surface area contributed by atoms with Crippen LogP contribution in [0.1, 0.15) is 35.4 Å². The molecule has 6 heteroatoms. The Balaban J connectivity index is 1.51. The van der Waals surface area contributed by atoms with Crippen LogP contribution in [0, 0.1) is 0 Å². The molecule has 1 saturated heterocycles. The Kier molecular flexibility index (Phi) is 4.44. The lowest BCUT2D eigenvalue weighted by Gasteiger charge is -2.34. The van der Waals surface area contributed by atoms with Gasteiger partial charge in [-0.25, -0.2) is 4.79 Å². The fourth-order valence-corrected chi connectivity index (χ4v) is 3.79. The van der Waals surface area contributed by atoms with E-state index in [9.17, 15) is 4.79 Å². The van der Waals surface area contributed by atoms with Crippen molar-refractivity contribution in [2.45, 2.75) is 31.4 Å². The summed E-state index contributed by atoms with van der Waals surface area (Å²) in [5, 5.41) is 7.35. The van der Waals surface area contributed by atoms with Gasteiger partial charge in [0.05, 0.1) is 12.3 Å². The maximum Gasteiger partial charge on any atom is 0.317 e. The van der Waals surface area contributed by atoms with Gasteiger partial charge in [-0.1, -0.05) is 24.3 Å². The lowest BCUT2D eigenvalue weighted by molar-refractivity contribution is 0.108. The number of hydrogen-bond acceptors (Lipinski definition) is 3. The Morgan fingerprint density at radius 1 is 1.40 bits per heavy atom. The summed E-state index contributed by atoms with van der Waals surface area (Å²) in [6, 6.07) is 8.36. The molecule has 0 saturated carbocycles. The molecule has 25 heavy (non-hydrogen) atoms. The van der Waals surface area contributed by atoms with Gasteiger partial charge in [-0.05, 0) is 29.5 Å². The standard InChI is InChI=1S/C19H24N4O2/c1-22-11-15(9-21-22)18-13-23(12-14-5-2-3-7-17(14)18)19(24)20-10-16-6-4-8-25-16/h2-3,5,7,9,11,16,18H,4,6,8,10,12-13H2,1H3,(H,20,24). The lowest BCUT2D eigenvalue weighted by Crippen LogP contribution is -2.46. The number of urea groups is 1. The molecular formula is C19H24N4O2. The van der Waals surface area contributed by atoms with Gasteiger partial charge in [0.15, 0.2) is 0 Å². The fourth-order valence-electron chi connectivity index (χ4n) is 3.79. The number of aromatic nitrogens is 2. The number of nitrogens with zero attached hydrogens (tertiary/aromatic N) is 3. The number of amides is 2. The Hall–Kier alpha value is -2.34. The van der Waals surface area contributed by atoms with Crippen LogP contribution in [0.5, 0.6) is 0 Å². The van der Waals surface area contributed by atoms with Gasteiger partial charge >= 0.3 is 6.03 Å². The molecule has 132 valence electrons. The highest BCUT2D eigenvalue weighted by Gasteiger charge is 2.30. The summed E-state index contributed by atoms with van der Waals surface area (Å²) in [5.74, 6) is 0.159. The summed E-state index contributed by atoms with van der Waals surface area (Å²) in [6.07, 6.45) is 6.21. The summed E-state index contributed by atoms with van der Waals surface area (Å²) in [7, 11) is 1.92. The quantitative estimate of drug-likeness (QED) is 0.932. The number of aryl methyl sites for hydroxylation is 1. The number of fused-ring (bicyclic) bond motifs is 1. The van der Waals surface area contributed by atoms with E-state index in [2.05, 4.69) is 28.6 Å². The second kappa shape index (κ2) is 6.88. The molecule has 0 bridgehead atoms. The molecule has 3 heterocycles. The molecule has 6 nitrogen and oxygen atoms in total. The topological polar surface area (TPSA) is 59.4 Å². The first-order valence-corrected chi connectivity index (χ1v) is 8.91. The molecule has 2 amide bonds. The molecule has 1 aromatic heterocycles. The first kappa shape index (κ1) is 16.1. The van der Waals surface area contributed by atoms with E-state index in [0.717, 1.165) is 25.0 Å². The second-order valence-corrected chi connectivity index (χ2v) is 6.90. The van der Waals surface area contributed by atoms with E-state index in [1.54, 1.807) is 0 Å². The minimum atomic E-state index is -0.0149. The third-order valence-corrected chi connectivity index (χ3v) is 5.11. The van der Waals surface area contributed by atoms with Crippen molar-refractivity contribution in [3.05, 3.63) is 53.3 Å². The van der Waals surface area contributed by atoms with Crippen molar-refractivity contribution in [1.29, 1.82) is 0 Å². The van der Waals surface area contributed by atoms with Gasteiger partial charge in [0, 0.05) is 45.4 Å². The Morgan fingerprint density at radius 2 is 2.28 bits per heavy atom. The van der Waals surface area contributed by atoms with Gasteiger partial charge in [-0.2, -0.15) is 5.10 Å². The number of rotatable bonds is 3. The summed E-state index contributed by atoms with van der Waals surface area (Å²) in [6.45, 7) is 2.71. The number of ether oxygens (including phenoxy) is 1. The van der Waals surface area contributed by atoms with E-state index < -0.39 is 0 Å².